The van der Waals surface area contributed by atoms with E-state index in [1.165, 1.54) is 5.56 Å². The predicted octanol–water partition coefficient (Wildman–Crippen LogP) is 3.14. The standard InChI is InChI=1S/C17H14N6S/c1-2-5-16(6-3-1)23-17(19-20-21-23)24-13-14-7-9-15(10-8-14)22-12-4-11-18-22/h1-12H,13H2. The summed E-state index contributed by atoms with van der Waals surface area (Å²) in [5, 5.41) is 17.0. The van der Waals surface area contributed by atoms with Gasteiger partial charge in [-0.2, -0.15) is 9.78 Å². The van der Waals surface area contributed by atoms with Gasteiger partial charge in [0.1, 0.15) is 0 Å². The van der Waals surface area contributed by atoms with Gasteiger partial charge >= 0.3 is 0 Å². The van der Waals surface area contributed by atoms with Crippen LogP contribution >= 0.6 is 11.8 Å². The van der Waals surface area contributed by atoms with Crippen molar-refractivity contribution in [2.75, 3.05) is 0 Å². The molecule has 0 aliphatic rings. The normalized spacial score (nSPS) is 10.8. The highest BCUT2D eigenvalue weighted by Gasteiger charge is 2.09. The van der Waals surface area contributed by atoms with Gasteiger partial charge in [0.2, 0.25) is 5.16 Å². The number of hydrogen-bond acceptors (Lipinski definition) is 5. The van der Waals surface area contributed by atoms with E-state index in [4.69, 9.17) is 0 Å². The largest absolute Gasteiger partial charge is 0.241 e. The number of rotatable bonds is 5. The SMILES string of the molecule is c1ccc(-n2nnnc2SCc2ccc(-n3cccn3)cc2)cc1. The minimum absolute atomic E-state index is 0.775. The molecule has 0 saturated carbocycles. The minimum Gasteiger partial charge on any atom is -0.241 e. The molecule has 0 aliphatic carbocycles. The van der Waals surface area contributed by atoms with Gasteiger partial charge in [0, 0.05) is 18.1 Å². The van der Waals surface area contributed by atoms with Gasteiger partial charge in [0.05, 0.1) is 11.4 Å². The Bertz CT molecular complexity index is 900. The maximum absolute atomic E-state index is 4.23. The van der Waals surface area contributed by atoms with Crippen molar-refractivity contribution in [1.82, 2.24) is 30.0 Å². The number of aromatic nitrogens is 6. The maximum Gasteiger partial charge on any atom is 0.214 e. The molecule has 0 unspecified atom stereocenters. The second-order valence-electron chi connectivity index (χ2n) is 5.11. The lowest BCUT2D eigenvalue weighted by Gasteiger charge is -2.05. The average Bonchev–Trinajstić information content (AvgIpc) is 3.33. The monoisotopic (exact) mass is 334 g/mol. The van der Waals surface area contributed by atoms with Gasteiger partial charge < -0.3 is 0 Å². The van der Waals surface area contributed by atoms with Gasteiger partial charge in [-0.25, -0.2) is 4.68 Å². The topological polar surface area (TPSA) is 61.4 Å². The molecule has 0 atom stereocenters. The number of para-hydroxylation sites is 1. The van der Waals surface area contributed by atoms with E-state index < -0.39 is 0 Å². The van der Waals surface area contributed by atoms with Gasteiger partial charge in [0.25, 0.3) is 0 Å². The molecule has 7 heteroatoms. The lowest BCUT2D eigenvalue weighted by Crippen LogP contribution is -1.98. The van der Waals surface area contributed by atoms with Crippen LogP contribution in [0.15, 0.2) is 78.2 Å². The molecule has 0 N–H and O–H groups in total. The summed E-state index contributed by atoms with van der Waals surface area (Å²) in [5.74, 6) is 0.798. The van der Waals surface area contributed by atoms with Crippen LogP contribution < -0.4 is 0 Å². The number of thioether (sulfide) groups is 1. The highest BCUT2D eigenvalue weighted by molar-refractivity contribution is 7.98. The molecule has 2 heterocycles. The lowest BCUT2D eigenvalue weighted by atomic mass is 10.2. The smallest absolute Gasteiger partial charge is 0.214 e. The molecule has 0 aliphatic heterocycles. The van der Waals surface area contributed by atoms with Gasteiger partial charge in [-0.1, -0.05) is 42.1 Å². The fraction of sp³-hybridized carbons (Fsp3) is 0.0588. The second kappa shape index (κ2) is 6.67. The molecule has 4 aromatic rings. The van der Waals surface area contributed by atoms with Crippen LogP contribution in [-0.2, 0) is 5.75 Å². The Hall–Kier alpha value is -2.93. The number of tetrazole rings is 1. The Kier molecular flexibility index (Phi) is 4.07. The molecule has 118 valence electrons. The lowest BCUT2D eigenvalue weighted by molar-refractivity contribution is 0.756. The first-order chi connectivity index (χ1) is 11.9. The fourth-order valence-corrected chi connectivity index (χ4v) is 3.16. The van der Waals surface area contributed by atoms with E-state index in [-0.39, 0.29) is 0 Å². The molecular weight excluding hydrogens is 320 g/mol. The predicted molar refractivity (Wildman–Crippen MR) is 92.3 cm³/mol. The van der Waals surface area contributed by atoms with Crippen molar-refractivity contribution in [3.63, 3.8) is 0 Å². The van der Waals surface area contributed by atoms with E-state index >= 15 is 0 Å². The van der Waals surface area contributed by atoms with Gasteiger partial charge in [-0.3, -0.25) is 0 Å². The Labute approximate surface area is 143 Å². The molecule has 0 spiro atoms. The summed E-state index contributed by atoms with van der Waals surface area (Å²) < 4.78 is 3.59. The van der Waals surface area contributed by atoms with Crippen molar-refractivity contribution in [2.24, 2.45) is 0 Å². The summed E-state index contributed by atoms with van der Waals surface area (Å²) in [5.41, 5.74) is 3.21. The zero-order valence-corrected chi connectivity index (χ0v) is 13.5. The van der Waals surface area contributed by atoms with Crippen LogP contribution in [0.25, 0.3) is 11.4 Å². The molecule has 2 aromatic heterocycles. The van der Waals surface area contributed by atoms with Crippen LogP contribution in [-0.4, -0.2) is 30.0 Å². The van der Waals surface area contributed by atoms with E-state index in [2.05, 4.69) is 44.9 Å². The summed E-state index contributed by atoms with van der Waals surface area (Å²) in [7, 11) is 0. The van der Waals surface area contributed by atoms with E-state index in [0.29, 0.717) is 0 Å². The van der Waals surface area contributed by atoms with Crippen molar-refractivity contribution < 1.29 is 0 Å². The molecule has 6 nitrogen and oxygen atoms in total. The van der Waals surface area contributed by atoms with Gasteiger partial charge in [-0.15, -0.1) is 5.10 Å². The highest BCUT2D eigenvalue weighted by Crippen LogP contribution is 2.22. The zero-order chi connectivity index (χ0) is 16.2. The molecular formula is C17H14N6S. The number of nitrogens with zero attached hydrogens (tertiary/aromatic N) is 6. The first-order valence-electron chi connectivity index (χ1n) is 7.46. The van der Waals surface area contributed by atoms with Gasteiger partial charge in [0.15, 0.2) is 0 Å². The van der Waals surface area contributed by atoms with Crippen molar-refractivity contribution in [3.8, 4) is 11.4 Å². The van der Waals surface area contributed by atoms with E-state index in [1.807, 2.05) is 47.3 Å². The van der Waals surface area contributed by atoms with Crippen molar-refractivity contribution in [2.45, 2.75) is 10.9 Å². The minimum atomic E-state index is 0.775. The van der Waals surface area contributed by atoms with Crippen molar-refractivity contribution >= 4 is 11.8 Å². The maximum atomic E-state index is 4.23. The number of benzene rings is 2. The molecule has 0 bridgehead atoms. The molecule has 4 rings (SSSR count). The summed E-state index contributed by atoms with van der Waals surface area (Å²) in [6.45, 7) is 0. The molecule has 24 heavy (non-hydrogen) atoms. The Morgan fingerprint density at radius 2 is 1.71 bits per heavy atom. The summed E-state index contributed by atoms with van der Waals surface area (Å²) in [6.07, 6.45) is 3.70. The first-order valence-corrected chi connectivity index (χ1v) is 8.44. The third-order valence-electron chi connectivity index (χ3n) is 3.51. The van der Waals surface area contributed by atoms with Gasteiger partial charge in [-0.05, 0) is 46.3 Å². The highest BCUT2D eigenvalue weighted by atomic mass is 32.2. The Balaban J connectivity index is 1.47. The van der Waals surface area contributed by atoms with E-state index in [9.17, 15) is 0 Å². The van der Waals surface area contributed by atoms with Crippen molar-refractivity contribution in [1.29, 1.82) is 0 Å². The first kappa shape index (κ1) is 14.6. The summed E-state index contributed by atoms with van der Waals surface area (Å²) in [6, 6.07) is 20.1. The van der Waals surface area contributed by atoms with Crippen LogP contribution in [0, 0.1) is 0 Å². The third kappa shape index (κ3) is 3.07. The number of hydrogen-bond donors (Lipinski definition) is 0. The average molecular weight is 334 g/mol. The van der Waals surface area contributed by atoms with Crippen LogP contribution in [0.3, 0.4) is 0 Å². The van der Waals surface area contributed by atoms with Crippen molar-refractivity contribution in [3.05, 3.63) is 78.6 Å². The molecule has 2 aromatic carbocycles. The second-order valence-corrected chi connectivity index (χ2v) is 6.06. The molecule has 0 saturated heterocycles. The Morgan fingerprint density at radius 3 is 2.46 bits per heavy atom. The van der Waals surface area contributed by atoms with E-state index in [0.717, 1.165) is 22.3 Å². The quantitative estimate of drug-likeness (QED) is 0.525. The van der Waals surface area contributed by atoms with Crippen LogP contribution in [0.1, 0.15) is 5.56 Å². The van der Waals surface area contributed by atoms with Crippen LogP contribution in [0.2, 0.25) is 0 Å². The van der Waals surface area contributed by atoms with Crippen LogP contribution in [0.4, 0.5) is 0 Å². The van der Waals surface area contributed by atoms with Crippen LogP contribution in [0.5, 0.6) is 0 Å². The van der Waals surface area contributed by atoms with E-state index in [1.54, 1.807) is 22.6 Å². The summed E-state index contributed by atoms with van der Waals surface area (Å²) in [4.78, 5) is 0. The summed E-state index contributed by atoms with van der Waals surface area (Å²) >= 11 is 1.61. The Morgan fingerprint density at radius 1 is 0.875 bits per heavy atom. The molecule has 0 amide bonds. The fourth-order valence-electron chi connectivity index (χ4n) is 2.31. The molecule has 0 fully saturated rings. The molecule has 0 radical (unpaired) electrons. The zero-order valence-electron chi connectivity index (χ0n) is 12.7. The third-order valence-corrected chi connectivity index (χ3v) is 4.51.